The number of halogens is 1. The summed E-state index contributed by atoms with van der Waals surface area (Å²) in [6.45, 7) is 13.9. The van der Waals surface area contributed by atoms with E-state index in [1.54, 1.807) is 27.7 Å². The van der Waals surface area contributed by atoms with Gasteiger partial charge in [-0.25, -0.2) is 4.79 Å². The van der Waals surface area contributed by atoms with Crippen molar-refractivity contribution in [2.75, 3.05) is 13.2 Å². The maximum atomic E-state index is 11.1. The van der Waals surface area contributed by atoms with Gasteiger partial charge in [-0.05, 0) is 11.8 Å². The van der Waals surface area contributed by atoms with Gasteiger partial charge in [0.25, 0.3) is 6.47 Å². The molecule has 0 radical (unpaired) electrons. The number of rotatable bonds is 11. The summed E-state index contributed by atoms with van der Waals surface area (Å²) in [6, 6.07) is -0.713. The molecule has 0 aromatic rings. The molecule has 0 saturated carbocycles. The topological polar surface area (TPSA) is 203 Å². The molecule has 15 heteroatoms. The average Bonchev–Trinajstić information content (AvgIpc) is 2.74. The molecule has 0 rings (SSSR count). The van der Waals surface area contributed by atoms with Crippen molar-refractivity contribution in [1.82, 2.24) is 0 Å². The quantitative estimate of drug-likeness (QED) is 0.0405. The van der Waals surface area contributed by atoms with E-state index in [1.165, 1.54) is 12.2 Å². The zero-order valence-electron chi connectivity index (χ0n) is 22.1. The van der Waals surface area contributed by atoms with E-state index in [9.17, 15) is 19.2 Å². The number of hydrogen-bond donors (Lipinski definition) is 3. The SMILES string of the molecule is C=CCOC(=O)C[C@H](C(=O)O)C(C)C.C=CCOC(=O)Cl.CC(C)[C@H](N)C(=O)O.O=CO[O-].[H-].[K+].[K+]. The van der Waals surface area contributed by atoms with Crippen LogP contribution in [0.2, 0.25) is 0 Å². The Hall–Kier alpha value is 0.313. The molecule has 0 unspecified atom stereocenters. The van der Waals surface area contributed by atoms with Crippen molar-refractivity contribution in [1.29, 1.82) is 0 Å². The van der Waals surface area contributed by atoms with Gasteiger partial charge in [-0.3, -0.25) is 19.2 Å². The van der Waals surface area contributed by atoms with Crippen LogP contribution in [0, 0.1) is 17.8 Å². The van der Waals surface area contributed by atoms with Crippen molar-refractivity contribution in [2.45, 2.75) is 40.2 Å². The molecule has 0 aromatic heterocycles. The van der Waals surface area contributed by atoms with E-state index < -0.39 is 35.3 Å². The second-order valence-corrected chi connectivity index (χ2v) is 6.81. The van der Waals surface area contributed by atoms with E-state index >= 15 is 0 Å². The van der Waals surface area contributed by atoms with E-state index in [0.717, 1.165) is 0 Å². The number of hydrogen-bond acceptors (Lipinski definition) is 10. The molecule has 0 heterocycles. The van der Waals surface area contributed by atoms with Crippen molar-refractivity contribution in [2.24, 2.45) is 23.5 Å². The summed E-state index contributed by atoms with van der Waals surface area (Å²) in [7, 11) is 0. The number of carboxylic acid groups (broad SMARTS) is 2. The number of nitrogens with two attached hydrogens (primary N) is 1. The summed E-state index contributed by atoms with van der Waals surface area (Å²) in [6.07, 6.45) is 2.81. The molecule has 0 aliphatic rings. The molecule has 0 bridgehead atoms. The van der Waals surface area contributed by atoms with Crippen LogP contribution in [0.4, 0.5) is 4.79 Å². The zero-order valence-corrected chi connectivity index (χ0v) is 28.1. The third-order valence-corrected chi connectivity index (χ3v) is 3.34. The Kier molecular flexibility index (Phi) is 47.4. The third kappa shape index (κ3) is 41.7. The summed E-state index contributed by atoms with van der Waals surface area (Å²) in [5.74, 6) is -3.12. The number of carbonyl (C=O) groups is 5. The molecular formula is C20H34ClK2NO11. The van der Waals surface area contributed by atoms with E-state index in [4.69, 9.17) is 42.3 Å². The standard InChI is InChI=1S/C10H16O4.C5H11NO2.C4H5ClO2.CH2O3.2K.H/c1-4-5-14-9(11)6-8(7(2)3)10(12)13;1-3(2)4(6)5(7)8;1-2-3-7-4(5)6;2-1-4-3;;;/h4,7-8H,1,5-6H2,2-3H3,(H,12,13);3-4H,6H2,1-2H3,(H,7,8);2H,1,3H2;1,3H;;;/q;;;;2*+1;-1/p-1/t8-;4-;;;;;/m00...../s1. The minimum Gasteiger partial charge on any atom is -1.00 e. The minimum absolute atomic E-state index is 0. The smallest absolute Gasteiger partial charge is 1.00 e. The fourth-order valence-electron chi connectivity index (χ4n) is 1.41. The normalized spacial score (nSPS) is 10.2. The number of ether oxygens (including phenoxy) is 2. The van der Waals surface area contributed by atoms with Gasteiger partial charge in [0.1, 0.15) is 19.3 Å². The predicted octanol–water partition coefficient (Wildman–Crippen LogP) is -4.38. The van der Waals surface area contributed by atoms with Gasteiger partial charge in [-0.2, -0.15) is 0 Å². The third-order valence-electron chi connectivity index (χ3n) is 3.23. The summed E-state index contributed by atoms with van der Waals surface area (Å²) in [4.78, 5) is 52.8. The molecule has 35 heavy (non-hydrogen) atoms. The molecule has 0 aliphatic heterocycles. The van der Waals surface area contributed by atoms with Crippen molar-refractivity contribution in [3.05, 3.63) is 25.3 Å². The van der Waals surface area contributed by atoms with E-state index in [0.29, 0.717) is 0 Å². The van der Waals surface area contributed by atoms with E-state index in [1.807, 2.05) is 0 Å². The predicted molar refractivity (Wildman–Crippen MR) is 118 cm³/mol. The Balaban J connectivity index is -0.0000000662. The number of esters is 1. The van der Waals surface area contributed by atoms with Gasteiger partial charge >= 0.3 is 126 Å². The molecule has 194 valence electrons. The van der Waals surface area contributed by atoms with Crippen molar-refractivity contribution < 1.29 is 158 Å². The zero-order chi connectivity index (χ0) is 27.0. The molecule has 2 atom stereocenters. The minimum atomic E-state index is -0.962. The average molecular weight is 578 g/mol. The molecule has 4 N–H and O–H groups in total. The Labute approximate surface area is 297 Å². The maximum absolute atomic E-state index is 11.1. The maximum Gasteiger partial charge on any atom is 1.00 e. The molecule has 0 fully saturated rings. The van der Waals surface area contributed by atoms with Gasteiger partial charge in [0.05, 0.1) is 12.3 Å². The van der Waals surface area contributed by atoms with Crippen LogP contribution in [0.15, 0.2) is 25.3 Å². The van der Waals surface area contributed by atoms with Crippen molar-refractivity contribution in [3.8, 4) is 0 Å². The fraction of sp³-hybridized carbons (Fsp3) is 0.550. The second-order valence-electron chi connectivity index (χ2n) is 6.50. The Morgan fingerprint density at radius 3 is 1.54 bits per heavy atom. The molecular weight excluding hydrogens is 544 g/mol. The number of aliphatic carboxylic acids is 2. The monoisotopic (exact) mass is 577 g/mol. The Morgan fingerprint density at radius 1 is 0.971 bits per heavy atom. The first-order chi connectivity index (χ1) is 15.2. The van der Waals surface area contributed by atoms with Gasteiger partial charge in [0, 0.05) is 11.6 Å². The Bertz CT molecular complexity index is 612. The largest absolute Gasteiger partial charge is 1.00 e. The molecule has 0 aromatic carbocycles. The fourth-order valence-corrected chi connectivity index (χ4v) is 1.47. The molecule has 0 spiro atoms. The van der Waals surface area contributed by atoms with Gasteiger partial charge < -0.3 is 37.0 Å². The van der Waals surface area contributed by atoms with Crippen molar-refractivity contribution >= 4 is 41.4 Å². The van der Waals surface area contributed by atoms with Crippen LogP contribution >= 0.6 is 11.6 Å². The molecule has 0 saturated heterocycles. The first-order valence-electron chi connectivity index (χ1n) is 9.36. The van der Waals surface area contributed by atoms with Crippen LogP contribution < -0.4 is 114 Å². The van der Waals surface area contributed by atoms with Crippen LogP contribution in [0.25, 0.3) is 0 Å². The van der Waals surface area contributed by atoms with Crippen LogP contribution in [-0.4, -0.2) is 59.3 Å². The number of carbonyl (C=O) groups excluding carboxylic acids is 3. The second kappa shape index (κ2) is 34.3. The Morgan fingerprint density at radius 2 is 1.37 bits per heavy atom. The van der Waals surface area contributed by atoms with E-state index in [2.05, 4.69) is 22.8 Å². The summed E-state index contributed by atoms with van der Waals surface area (Å²) >= 11 is 4.75. The van der Waals surface area contributed by atoms with Crippen molar-refractivity contribution in [3.63, 3.8) is 0 Å². The van der Waals surface area contributed by atoms with Crippen LogP contribution in [0.1, 0.15) is 35.5 Å². The van der Waals surface area contributed by atoms with Gasteiger partial charge in [0.15, 0.2) is 0 Å². The van der Waals surface area contributed by atoms with Gasteiger partial charge in [0.2, 0.25) is 0 Å². The van der Waals surface area contributed by atoms with Crippen LogP contribution in [0.3, 0.4) is 0 Å². The summed E-state index contributed by atoms with van der Waals surface area (Å²) < 4.78 is 8.90. The molecule has 12 nitrogen and oxygen atoms in total. The van der Waals surface area contributed by atoms with Gasteiger partial charge in [-0.15, -0.1) is 0 Å². The first-order valence-corrected chi connectivity index (χ1v) is 9.74. The summed E-state index contributed by atoms with van der Waals surface area (Å²) in [5, 5.41) is 25.4. The molecule has 0 amide bonds. The number of carboxylic acids is 2. The van der Waals surface area contributed by atoms with Crippen LogP contribution in [-0.2, 0) is 33.5 Å². The van der Waals surface area contributed by atoms with Crippen LogP contribution in [0.5, 0.6) is 0 Å². The molecule has 0 aliphatic carbocycles. The summed E-state index contributed by atoms with van der Waals surface area (Å²) in [5.41, 5.74) is 4.37. The first kappa shape index (κ1) is 48.4. The van der Waals surface area contributed by atoms with E-state index in [-0.39, 0.29) is 142 Å². The van der Waals surface area contributed by atoms with Gasteiger partial charge in [-0.1, -0.05) is 53.0 Å².